The molecule has 4 aliphatic carbocycles. The molecule has 38 heavy (non-hydrogen) atoms. The summed E-state index contributed by atoms with van der Waals surface area (Å²) >= 11 is 0. The third-order valence-electron chi connectivity index (χ3n) is 8.96. The molecule has 4 bridgehead atoms. The maximum atomic E-state index is 13.5. The van der Waals surface area contributed by atoms with Crippen LogP contribution in [-0.2, 0) is 6.54 Å². The second kappa shape index (κ2) is 10.4. The molecule has 10 nitrogen and oxygen atoms in total. The lowest BCUT2D eigenvalue weighted by Crippen LogP contribution is -2.61. The molecular formula is C28H41N7O3. The molecule has 0 aromatic carbocycles. The van der Waals surface area contributed by atoms with Gasteiger partial charge >= 0.3 is 0 Å². The molecule has 3 heterocycles. The van der Waals surface area contributed by atoms with Crippen molar-refractivity contribution < 1.29 is 14.6 Å². The van der Waals surface area contributed by atoms with Gasteiger partial charge in [0.2, 0.25) is 11.8 Å². The Labute approximate surface area is 224 Å². The smallest absolute Gasteiger partial charge is 0.258 e. The Morgan fingerprint density at radius 1 is 1.11 bits per heavy atom. The molecule has 1 amide bonds. The Bertz CT molecular complexity index is 1100. The van der Waals surface area contributed by atoms with Crippen LogP contribution in [0.4, 0.5) is 5.95 Å². The van der Waals surface area contributed by atoms with Crippen molar-refractivity contribution in [1.82, 2.24) is 30.0 Å². The van der Waals surface area contributed by atoms with Crippen LogP contribution in [0.3, 0.4) is 0 Å². The maximum Gasteiger partial charge on any atom is 0.258 e. The summed E-state index contributed by atoms with van der Waals surface area (Å²) in [4.78, 5) is 26.9. The molecule has 2 aromatic rings. The molecular weight excluding hydrogens is 482 g/mol. The van der Waals surface area contributed by atoms with Gasteiger partial charge in [-0.2, -0.15) is 5.10 Å². The molecule has 1 aliphatic heterocycles. The fraction of sp³-hybridized carbons (Fsp3) is 0.714. The third kappa shape index (κ3) is 5.25. The summed E-state index contributed by atoms with van der Waals surface area (Å²) in [6.45, 7) is 9.85. The van der Waals surface area contributed by atoms with Crippen molar-refractivity contribution in [3.8, 4) is 5.88 Å². The van der Waals surface area contributed by atoms with E-state index in [1.165, 1.54) is 0 Å². The largest absolute Gasteiger partial charge is 0.477 e. The van der Waals surface area contributed by atoms with Crippen molar-refractivity contribution in [2.75, 3.05) is 44.2 Å². The molecule has 5 aliphatic rings. The Morgan fingerprint density at radius 3 is 2.47 bits per heavy atom. The van der Waals surface area contributed by atoms with Gasteiger partial charge in [-0.05, 0) is 61.8 Å². The zero-order valence-electron chi connectivity index (χ0n) is 22.6. The van der Waals surface area contributed by atoms with E-state index in [9.17, 15) is 9.90 Å². The highest BCUT2D eigenvalue weighted by Gasteiger charge is 2.55. The van der Waals surface area contributed by atoms with Crippen LogP contribution in [0.5, 0.6) is 5.88 Å². The standard InChI is InChI=1S/C28H41N7O3/c1-19(2)18-38-26-23(25(36)32-24-21-12-20-13-22(24)16-28(37,14-20)15-21)17-31-35(26)11-8-33-6-9-34(10-7-33)27-29-4-3-5-30-27/h3-5,17,19-22,24,37H,6-16,18H2,1-2H3,(H,32,36). The second-order valence-corrected chi connectivity index (χ2v) is 12.4. The SMILES string of the molecule is CC(C)COc1c(C(=O)NC2C3CC4CC2CC(O)(C4)C3)cnn1CCN1CCN(c2ncccn2)CC1. The average molecular weight is 524 g/mol. The van der Waals surface area contributed by atoms with Gasteiger partial charge in [0.05, 0.1) is 24.9 Å². The van der Waals surface area contributed by atoms with E-state index in [-0.39, 0.29) is 11.9 Å². The van der Waals surface area contributed by atoms with Gasteiger partial charge in [-0.1, -0.05) is 13.8 Å². The first-order valence-electron chi connectivity index (χ1n) is 14.3. The van der Waals surface area contributed by atoms with Crippen molar-refractivity contribution >= 4 is 11.9 Å². The lowest BCUT2D eigenvalue weighted by molar-refractivity contribution is -0.136. The maximum absolute atomic E-state index is 13.5. The highest BCUT2D eigenvalue weighted by atomic mass is 16.5. The molecule has 7 rings (SSSR count). The number of carbonyl (C=O) groups excluding carboxylic acids is 1. The summed E-state index contributed by atoms with van der Waals surface area (Å²) in [5, 5.41) is 18.9. The number of piperazine rings is 1. The van der Waals surface area contributed by atoms with Gasteiger partial charge in [0.25, 0.3) is 5.91 Å². The predicted molar refractivity (Wildman–Crippen MR) is 143 cm³/mol. The molecule has 0 radical (unpaired) electrons. The average Bonchev–Trinajstić information content (AvgIpc) is 3.31. The van der Waals surface area contributed by atoms with Crippen LogP contribution in [0.2, 0.25) is 0 Å². The summed E-state index contributed by atoms with van der Waals surface area (Å²) in [5.74, 6) is 2.93. The molecule has 2 N–H and O–H groups in total. The van der Waals surface area contributed by atoms with Crippen molar-refractivity contribution in [1.29, 1.82) is 0 Å². The number of nitrogens with one attached hydrogen (secondary N) is 1. The van der Waals surface area contributed by atoms with Crippen LogP contribution in [0.1, 0.15) is 56.3 Å². The molecule has 2 unspecified atom stereocenters. The molecule has 206 valence electrons. The zero-order valence-corrected chi connectivity index (χ0v) is 22.6. The van der Waals surface area contributed by atoms with Gasteiger partial charge < -0.3 is 20.1 Å². The normalized spacial score (nSPS) is 30.7. The molecule has 10 heteroatoms. The zero-order chi connectivity index (χ0) is 26.3. The van der Waals surface area contributed by atoms with E-state index in [0.717, 1.165) is 70.8 Å². The van der Waals surface area contributed by atoms with Crippen LogP contribution in [0.25, 0.3) is 0 Å². The fourth-order valence-electron chi connectivity index (χ4n) is 7.40. The second-order valence-electron chi connectivity index (χ2n) is 12.4. The summed E-state index contributed by atoms with van der Waals surface area (Å²) in [7, 11) is 0. The quantitative estimate of drug-likeness (QED) is 0.515. The van der Waals surface area contributed by atoms with Crippen LogP contribution in [-0.4, -0.2) is 86.6 Å². The molecule has 2 aromatic heterocycles. The lowest BCUT2D eigenvalue weighted by Gasteiger charge is -2.58. The van der Waals surface area contributed by atoms with Crippen molar-refractivity contribution in [3.05, 3.63) is 30.2 Å². The minimum absolute atomic E-state index is 0.101. The molecule has 5 fully saturated rings. The monoisotopic (exact) mass is 523 g/mol. The van der Waals surface area contributed by atoms with E-state index >= 15 is 0 Å². The first-order valence-corrected chi connectivity index (χ1v) is 14.3. The number of rotatable bonds is 9. The van der Waals surface area contributed by atoms with E-state index in [0.29, 0.717) is 48.3 Å². The summed E-state index contributed by atoms with van der Waals surface area (Å²) in [6.07, 6.45) is 10.0. The first kappa shape index (κ1) is 25.6. The Hall–Kier alpha value is -2.72. The number of aliphatic hydroxyl groups is 1. The Balaban J connectivity index is 1.09. The van der Waals surface area contributed by atoms with E-state index in [4.69, 9.17) is 4.74 Å². The molecule has 2 atom stereocenters. The molecule has 0 spiro atoms. The predicted octanol–water partition coefficient (Wildman–Crippen LogP) is 2.20. The molecule has 4 saturated carbocycles. The van der Waals surface area contributed by atoms with Gasteiger partial charge in [-0.3, -0.25) is 9.69 Å². The number of hydrogen-bond acceptors (Lipinski definition) is 8. The minimum atomic E-state index is -0.506. The Morgan fingerprint density at radius 2 is 1.82 bits per heavy atom. The van der Waals surface area contributed by atoms with E-state index in [1.807, 2.05) is 10.7 Å². The number of carbonyl (C=O) groups is 1. The number of ether oxygens (including phenoxy) is 1. The number of anilines is 1. The van der Waals surface area contributed by atoms with Crippen LogP contribution < -0.4 is 15.0 Å². The van der Waals surface area contributed by atoms with E-state index < -0.39 is 5.60 Å². The van der Waals surface area contributed by atoms with Crippen LogP contribution >= 0.6 is 0 Å². The van der Waals surface area contributed by atoms with Crippen molar-refractivity contribution in [3.63, 3.8) is 0 Å². The third-order valence-corrected chi connectivity index (χ3v) is 8.96. The van der Waals surface area contributed by atoms with E-state index in [2.05, 4.69) is 44.0 Å². The topological polar surface area (TPSA) is 109 Å². The van der Waals surface area contributed by atoms with Crippen molar-refractivity contribution in [2.24, 2.45) is 23.7 Å². The summed E-state index contributed by atoms with van der Waals surface area (Å²) in [5.41, 5.74) is 0.0116. The highest BCUT2D eigenvalue weighted by molar-refractivity contribution is 5.96. The van der Waals surface area contributed by atoms with Gasteiger partial charge in [0, 0.05) is 51.2 Å². The minimum Gasteiger partial charge on any atom is -0.477 e. The summed E-state index contributed by atoms with van der Waals surface area (Å²) < 4.78 is 8.04. The van der Waals surface area contributed by atoms with Crippen LogP contribution in [0.15, 0.2) is 24.7 Å². The fourth-order valence-corrected chi connectivity index (χ4v) is 7.40. The van der Waals surface area contributed by atoms with Gasteiger partial charge in [0.15, 0.2) is 0 Å². The number of amides is 1. The first-order chi connectivity index (χ1) is 18.4. The summed E-state index contributed by atoms with van der Waals surface area (Å²) in [6, 6.07) is 1.97. The van der Waals surface area contributed by atoms with Gasteiger partial charge in [0.1, 0.15) is 5.56 Å². The molecule has 1 saturated heterocycles. The van der Waals surface area contributed by atoms with Gasteiger partial charge in [-0.15, -0.1) is 0 Å². The Kier molecular flexibility index (Phi) is 7.03. The lowest BCUT2D eigenvalue weighted by atomic mass is 9.52. The number of aromatic nitrogens is 4. The highest BCUT2D eigenvalue weighted by Crippen LogP contribution is 2.55. The van der Waals surface area contributed by atoms with Gasteiger partial charge in [-0.25, -0.2) is 14.6 Å². The number of hydrogen-bond donors (Lipinski definition) is 2. The number of nitrogens with zero attached hydrogens (tertiary/aromatic N) is 6. The van der Waals surface area contributed by atoms with Crippen molar-refractivity contribution in [2.45, 2.75) is 64.1 Å². The van der Waals surface area contributed by atoms with Crippen LogP contribution in [0, 0.1) is 23.7 Å². The van der Waals surface area contributed by atoms with E-state index in [1.54, 1.807) is 18.6 Å².